The molecule has 2 N–H and O–H groups in total. The van der Waals surface area contributed by atoms with Crippen molar-refractivity contribution in [2.45, 2.75) is 0 Å². The molecule has 0 saturated heterocycles. The number of benzene rings is 1. The molecule has 9 nitrogen and oxygen atoms in total. The highest BCUT2D eigenvalue weighted by molar-refractivity contribution is 5.95. The first-order valence-corrected chi connectivity index (χ1v) is 5.74. The van der Waals surface area contributed by atoms with Crippen LogP contribution in [0.25, 0.3) is 5.69 Å². The third-order valence-corrected chi connectivity index (χ3v) is 2.72. The van der Waals surface area contributed by atoms with Gasteiger partial charge in [0.05, 0.1) is 4.92 Å². The Morgan fingerprint density at radius 3 is 2.62 bits per heavy atom. The fourth-order valence-electron chi connectivity index (χ4n) is 1.72. The van der Waals surface area contributed by atoms with Gasteiger partial charge in [-0.05, 0) is 18.2 Å². The van der Waals surface area contributed by atoms with Crippen LogP contribution in [0.1, 0.15) is 20.8 Å². The summed E-state index contributed by atoms with van der Waals surface area (Å²) in [4.78, 5) is 32.8. The number of hydrogen-bond donors (Lipinski definition) is 2. The number of nitro benzene ring substituents is 1. The van der Waals surface area contributed by atoms with Crippen molar-refractivity contribution in [2.24, 2.45) is 0 Å². The molecule has 0 aliphatic heterocycles. The molecule has 0 aliphatic carbocycles. The van der Waals surface area contributed by atoms with Gasteiger partial charge in [-0.15, -0.1) is 0 Å². The predicted molar refractivity (Wildman–Crippen MR) is 70.6 cm³/mol. The summed E-state index contributed by atoms with van der Waals surface area (Å²) < 4.78 is 1.05. The average molecular weight is 290 g/mol. The van der Waals surface area contributed by atoms with E-state index in [0.29, 0.717) is 0 Å². The number of carbonyl (C=O) groups is 2. The number of nitrogens with zero attached hydrogens (tertiary/aromatic N) is 3. The summed E-state index contributed by atoms with van der Waals surface area (Å²) in [5.41, 5.74) is -0.337. The Balaban J connectivity index is 2.59. The Labute approximate surface area is 118 Å². The quantitative estimate of drug-likeness (QED) is 0.634. The second-order valence-electron chi connectivity index (χ2n) is 3.99. The maximum Gasteiger partial charge on any atom is 0.356 e. The standard InChI is InChI=1S/C12H10N4O5/c1-13-11(17)7-2-3-9(16(20)21)10(6-7)15-5-4-8(14-15)12(18)19/h2-6H,1H3,(H,13,17)(H,18,19). The van der Waals surface area contributed by atoms with Crippen LogP contribution in [0.15, 0.2) is 30.5 Å². The third kappa shape index (κ3) is 2.71. The molecule has 0 fully saturated rings. The molecule has 0 unspecified atom stereocenters. The number of carbonyl (C=O) groups excluding carboxylic acids is 1. The molecule has 1 heterocycles. The highest BCUT2D eigenvalue weighted by atomic mass is 16.6. The van der Waals surface area contributed by atoms with E-state index in [9.17, 15) is 19.7 Å². The zero-order valence-corrected chi connectivity index (χ0v) is 10.8. The van der Waals surface area contributed by atoms with Crippen LogP contribution in [0.2, 0.25) is 0 Å². The highest BCUT2D eigenvalue weighted by Gasteiger charge is 2.19. The molecule has 108 valence electrons. The van der Waals surface area contributed by atoms with Crippen molar-refractivity contribution in [3.8, 4) is 5.69 Å². The van der Waals surface area contributed by atoms with Crippen LogP contribution < -0.4 is 5.32 Å². The Bertz CT molecular complexity index is 737. The van der Waals surface area contributed by atoms with Crippen LogP contribution >= 0.6 is 0 Å². The minimum absolute atomic E-state index is 0.00796. The molecule has 0 saturated carbocycles. The van der Waals surface area contributed by atoms with Crippen molar-refractivity contribution in [3.63, 3.8) is 0 Å². The smallest absolute Gasteiger partial charge is 0.356 e. The van der Waals surface area contributed by atoms with Gasteiger partial charge < -0.3 is 10.4 Å². The normalized spacial score (nSPS) is 10.1. The minimum Gasteiger partial charge on any atom is -0.476 e. The lowest BCUT2D eigenvalue weighted by atomic mass is 10.1. The number of carboxylic acid groups (broad SMARTS) is 1. The number of rotatable bonds is 4. The number of aromatic carboxylic acids is 1. The van der Waals surface area contributed by atoms with Crippen molar-refractivity contribution >= 4 is 17.6 Å². The van der Waals surface area contributed by atoms with E-state index in [1.807, 2.05) is 0 Å². The average Bonchev–Trinajstić information content (AvgIpc) is 2.95. The SMILES string of the molecule is CNC(=O)c1ccc([N+](=O)[O-])c(-n2ccc(C(=O)O)n2)c1. The molecular weight excluding hydrogens is 280 g/mol. The number of aromatic nitrogens is 2. The van der Waals surface area contributed by atoms with Crippen molar-refractivity contribution < 1.29 is 19.6 Å². The predicted octanol–water partition coefficient (Wildman–Crippen LogP) is 0.838. The van der Waals surface area contributed by atoms with Gasteiger partial charge in [0.1, 0.15) is 5.69 Å². The van der Waals surface area contributed by atoms with Crippen molar-refractivity contribution in [1.29, 1.82) is 0 Å². The van der Waals surface area contributed by atoms with E-state index in [1.165, 1.54) is 37.5 Å². The molecule has 1 amide bonds. The first-order chi connectivity index (χ1) is 9.93. The molecule has 2 rings (SSSR count). The van der Waals surface area contributed by atoms with Crippen LogP contribution in [-0.4, -0.2) is 38.7 Å². The third-order valence-electron chi connectivity index (χ3n) is 2.72. The largest absolute Gasteiger partial charge is 0.476 e. The fraction of sp³-hybridized carbons (Fsp3) is 0.0833. The summed E-state index contributed by atoms with van der Waals surface area (Å²) in [5, 5.41) is 26.0. The number of amides is 1. The van der Waals surface area contributed by atoms with Gasteiger partial charge >= 0.3 is 5.97 Å². The minimum atomic E-state index is -1.25. The summed E-state index contributed by atoms with van der Waals surface area (Å²) in [7, 11) is 1.43. The lowest BCUT2D eigenvalue weighted by Crippen LogP contribution is -2.18. The van der Waals surface area contributed by atoms with Crippen LogP contribution in [0.5, 0.6) is 0 Å². The number of carboxylic acids is 1. The van der Waals surface area contributed by atoms with Crippen LogP contribution in [-0.2, 0) is 0 Å². The zero-order chi connectivity index (χ0) is 15.6. The number of hydrogen-bond acceptors (Lipinski definition) is 5. The number of nitro groups is 1. The van der Waals surface area contributed by atoms with Gasteiger partial charge in [0.25, 0.3) is 11.6 Å². The molecule has 1 aromatic carbocycles. The first-order valence-electron chi connectivity index (χ1n) is 5.74. The van der Waals surface area contributed by atoms with E-state index in [0.717, 1.165) is 4.68 Å². The van der Waals surface area contributed by atoms with E-state index in [4.69, 9.17) is 5.11 Å². The second kappa shape index (κ2) is 5.41. The van der Waals surface area contributed by atoms with Gasteiger partial charge in [-0.2, -0.15) is 5.10 Å². The summed E-state index contributed by atoms with van der Waals surface area (Å²) in [6.45, 7) is 0. The van der Waals surface area contributed by atoms with E-state index >= 15 is 0 Å². The molecule has 21 heavy (non-hydrogen) atoms. The molecular formula is C12H10N4O5. The molecule has 0 spiro atoms. The van der Waals surface area contributed by atoms with Crippen molar-refractivity contribution in [1.82, 2.24) is 15.1 Å². The number of nitrogens with one attached hydrogen (secondary N) is 1. The van der Waals surface area contributed by atoms with Gasteiger partial charge in [-0.25, -0.2) is 9.48 Å². The van der Waals surface area contributed by atoms with Crippen LogP contribution in [0, 0.1) is 10.1 Å². The Morgan fingerprint density at radius 1 is 1.38 bits per heavy atom. The second-order valence-corrected chi connectivity index (χ2v) is 3.99. The van der Waals surface area contributed by atoms with Crippen molar-refractivity contribution in [2.75, 3.05) is 7.05 Å². The summed E-state index contributed by atoms with van der Waals surface area (Å²) in [6, 6.07) is 4.96. The van der Waals surface area contributed by atoms with Crippen LogP contribution in [0.4, 0.5) is 5.69 Å². The van der Waals surface area contributed by atoms with E-state index in [1.54, 1.807) is 0 Å². The molecule has 0 aliphatic rings. The lowest BCUT2D eigenvalue weighted by Gasteiger charge is -2.06. The summed E-state index contributed by atoms with van der Waals surface area (Å²) >= 11 is 0. The Morgan fingerprint density at radius 2 is 2.10 bits per heavy atom. The lowest BCUT2D eigenvalue weighted by molar-refractivity contribution is -0.384. The molecule has 0 bridgehead atoms. The van der Waals surface area contributed by atoms with E-state index in [2.05, 4.69) is 10.4 Å². The molecule has 1 aromatic heterocycles. The maximum absolute atomic E-state index is 11.6. The molecule has 9 heteroatoms. The van der Waals surface area contributed by atoms with Crippen LogP contribution in [0.3, 0.4) is 0 Å². The highest BCUT2D eigenvalue weighted by Crippen LogP contribution is 2.24. The molecule has 2 aromatic rings. The fourth-order valence-corrected chi connectivity index (χ4v) is 1.72. The topological polar surface area (TPSA) is 127 Å². The monoisotopic (exact) mass is 290 g/mol. The summed E-state index contributed by atoms with van der Waals surface area (Å²) in [5.74, 6) is -1.67. The van der Waals surface area contributed by atoms with Gasteiger partial charge in [-0.1, -0.05) is 0 Å². The summed E-state index contributed by atoms with van der Waals surface area (Å²) in [6.07, 6.45) is 1.28. The first kappa shape index (κ1) is 14.2. The van der Waals surface area contributed by atoms with Gasteiger partial charge in [0, 0.05) is 24.9 Å². The van der Waals surface area contributed by atoms with Gasteiger partial charge in [-0.3, -0.25) is 14.9 Å². The van der Waals surface area contributed by atoms with Gasteiger partial charge in [0.2, 0.25) is 0 Å². The molecule has 0 radical (unpaired) electrons. The Kier molecular flexibility index (Phi) is 3.65. The van der Waals surface area contributed by atoms with E-state index < -0.39 is 16.8 Å². The maximum atomic E-state index is 11.6. The van der Waals surface area contributed by atoms with Crippen molar-refractivity contribution in [3.05, 3.63) is 51.8 Å². The van der Waals surface area contributed by atoms with E-state index in [-0.39, 0.29) is 22.6 Å². The van der Waals surface area contributed by atoms with Gasteiger partial charge in [0.15, 0.2) is 5.69 Å². The molecule has 0 atom stereocenters. The zero-order valence-electron chi connectivity index (χ0n) is 10.8. The Hall–Kier alpha value is -3.23.